The van der Waals surface area contributed by atoms with Crippen molar-refractivity contribution in [3.63, 3.8) is 0 Å². The molecule has 22 heavy (non-hydrogen) atoms. The van der Waals surface area contributed by atoms with Crippen molar-refractivity contribution in [1.82, 2.24) is 15.0 Å². The number of ether oxygens (including phenoxy) is 1. The van der Waals surface area contributed by atoms with Gasteiger partial charge in [0.2, 0.25) is 5.89 Å². The van der Waals surface area contributed by atoms with Crippen LogP contribution in [0.5, 0.6) is 0 Å². The molecule has 1 aliphatic heterocycles. The number of hydrogen-bond acceptors (Lipinski definition) is 7. The van der Waals surface area contributed by atoms with Crippen molar-refractivity contribution in [2.24, 2.45) is 0 Å². The fourth-order valence-electron chi connectivity index (χ4n) is 2.60. The number of nitrogens with one attached hydrogen (secondary N) is 1. The van der Waals surface area contributed by atoms with Gasteiger partial charge in [-0.25, -0.2) is 9.97 Å². The summed E-state index contributed by atoms with van der Waals surface area (Å²) in [5, 5.41) is 10.1. The Morgan fingerprint density at radius 3 is 3.14 bits per heavy atom. The number of rotatable bonds is 3. The Labute approximate surface area is 129 Å². The van der Waals surface area contributed by atoms with Crippen molar-refractivity contribution in [3.05, 3.63) is 30.4 Å². The average Bonchev–Trinajstić information content (AvgIpc) is 3.28. The van der Waals surface area contributed by atoms with Gasteiger partial charge in [-0.3, -0.25) is 0 Å². The topological polar surface area (TPSA) is 110 Å². The van der Waals surface area contributed by atoms with E-state index in [0.717, 1.165) is 22.3 Å². The zero-order valence-electron chi connectivity index (χ0n) is 11.5. The molecule has 4 rings (SSSR count). The summed E-state index contributed by atoms with van der Waals surface area (Å²) in [5.74, 6) is 1.10. The number of aromatic nitrogens is 3. The molecule has 4 heterocycles. The summed E-state index contributed by atoms with van der Waals surface area (Å²) in [6.45, 7) is -0.0173. The molecule has 1 aliphatic rings. The third-order valence-corrected chi connectivity index (χ3v) is 4.75. The molecule has 0 aromatic carbocycles. The van der Waals surface area contributed by atoms with E-state index in [0.29, 0.717) is 17.3 Å². The smallest absolute Gasteiger partial charge is 0.247 e. The first-order valence-corrected chi connectivity index (χ1v) is 7.87. The van der Waals surface area contributed by atoms with Crippen molar-refractivity contribution < 1.29 is 14.3 Å². The van der Waals surface area contributed by atoms with E-state index in [9.17, 15) is 5.11 Å². The highest BCUT2D eigenvalue weighted by molar-refractivity contribution is 8.00. The molecule has 7 nitrogen and oxygen atoms in total. The highest BCUT2D eigenvalue weighted by Crippen LogP contribution is 2.40. The van der Waals surface area contributed by atoms with Crippen molar-refractivity contribution in [2.75, 3.05) is 18.1 Å². The molecule has 1 saturated heterocycles. The maximum absolute atomic E-state index is 9.23. The van der Waals surface area contributed by atoms with E-state index in [1.165, 1.54) is 6.26 Å². The molecule has 0 bridgehead atoms. The number of aliphatic hydroxyl groups is 1. The summed E-state index contributed by atoms with van der Waals surface area (Å²) in [4.78, 5) is 11.9. The molecule has 0 radical (unpaired) electrons. The zero-order chi connectivity index (χ0) is 15.1. The van der Waals surface area contributed by atoms with Crippen molar-refractivity contribution in [1.29, 1.82) is 0 Å². The molecule has 0 spiro atoms. The third kappa shape index (κ3) is 2.07. The lowest BCUT2D eigenvalue weighted by molar-refractivity contribution is 0.0331. The number of nitrogens with zero attached hydrogens (tertiary/aromatic N) is 2. The van der Waals surface area contributed by atoms with Crippen LogP contribution in [0.1, 0.15) is 11.8 Å². The van der Waals surface area contributed by atoms with Crippen LogP contribution in [0.3, 0.4) is 0 Å². The number of thioether (sulfide) groups is 1. The average molecular weight is 318 g/mol. The van der Waals surface area contributed by atoms with Crippen LogP contribution in [0.4, 0.5) is 5.69 Å². The maximum Gasteiger partial charge on any atom is 0.247 e. The minimum Gasteiger partial charge on any atom is -0.443 e. The maximum atomic E-state index is 9.23. The number of fused-ring (bicyclic) bond motifs is 1. The standard InChI is InChI=1S/C14H14N4O3S/c15-10-7-1-2-16-11(7)12(8-6-22-9(5-19)21-8)18-13(10)14-17-3-4-20-14/h1-4,8-9,16,19H,5-6,15H2/t8-,9-/m0/s1. The molecular weight excluding hydrogens is 304 g/mol. The molecule has 0 amide bonds. The second-order valence-electron chi connectivity index (χ2n) is 4.93. The minimum atomic E-state index is -0.223. The van der Waals surface area contributed by atoms with Gasteiger partial charge in [0.15, 0.2) is 0 Å². The Hall–Kier alpha value is -2.03. The van der Waals surface area contributed by atoms with E-state index < -0.39 is 0 Å². The lowest BCUT2D eigenvalue weighted by Gasteiger charge is -2.14. The Morgan fingerprint density at radius 2 is 2.41 bits per heavy atom. The van der Waals surface area contributed by atoms with Crippen LogP contribution in [-0.4, -0.2) is 37.9 Å². The van der Waals surface area contributed by atoms with E-state index in [1.54, 1.807) is 18.0 Å². The molecule has 3 aromatic rings. The molecule has 4 N–H and O–H groups in total. The van der Waals surface area contributed by atoms with Crippen molar-refractivity contribution >= 4 is 28.4 Å². The van der Waals surface area contributed by atoms with E-state index in [4.69, 9.17) is 14.9 Å². The van der Waals surface area contributed by atoms with Gasteiger partial charge < -0.3 is 25.0 Å². The first kappa shape index (κ1) is 13.6. The molecular formula is C14H14N4O3S. The van der Waals surface area contributed by atoms with Gasteiger partial charge >= 0.3 is 0 Å². The lowest BCUT2D eigenvalue weighted by atomic mass is 10.1. The van der Waals surface area contributed by atoms with Crippen LogP contribution in [0.25, 0.3) is 22.5 Å². The van der Waals surface area contributed by atoms with Gasteiger partial charge in [0, 0.05) is 17.3 Å². The number of nitrogens with two attached hydrogens (primary N) is 1. The number of oxazole rings is 1. The summed E-state index contributed by atoms with van der Waals surface area (Å²) in [6.07, 6.45) is 4.65. The first-order chi connectivity index (χ1) is 10.8. The normalized spacial score (nSPS) is 21.7. The number of aromatic amines is 1. The summed E-state index contributed by atoms with van der Waals surface area (Å²) in [7, 11) is 0. The van der Waals surface area contributed by atoms with Gasteiger partial charge in [-0.1, -0.05) is 0 Å². The predicted octanol–water partition coefficient (Wildman–Crippen LogP) is 1.92. The fourth-order valence-corrected chi connectivity index (χ4v) is 3.55. The van der Waals surface area contributed by atoms with E-state index in [2.05, 4.69) is 15.0 Å². The molecule has 2 atom stereocenters. The highest BCUT2D eigenvalue weighted by atomic mass is 32.2. The number of nitrogen functional groups attached to an aromatic ring is 1. The summed E-state index contributed by atoms with van der Waals surface area (Å²) >= 11 is 1.57. The van der Waals surface area contributed by atoms with Gasteiger partial charge in [-0.05, 0) is 6.07 Å². The quantitative estimate of drug-likeness (QED) is 0.676. The van der Waals surface area contributed by atoms with Crippen LogP contribution in [0, 0.1) is 0 Å². The number of H-pyrrole nitrogens is 1. The van der Waals surface area contributed by atoms with Crippen LogP contribution < -0.4 is 5.73 Å². The molecule has 0 aliphatic carbocycles. The van der Waals surface area contributed by atoms with E-state index in [1.807, 2.05) is 12.3 Å². The highest BCUT2D eigenvalue weighted by Gasteiger charge is 2.31. The Morgan fingerprint density at radius 1 is 1.50 bits per heavy atom. The van der Waals surface area contributed by atoms with Gasteiger partial charge in [-0.15, -0.1) is 11.8 Å². The van der Waals surface area contributed by atoms with Gasteiger partial charge in [0.25, 0.3) is 0 Å². The van der Waals surface area contributed by atoms with Crippen molar-refractivity contribution in [2.45, 2.75) is 11.5 Å². The second-order valence-corrected chi connectivity index (χ2v) is 6.13. The van der Waals surface area contributed by atoms with Gasteiger partial charge in [0.05, 0.1) is 29.7 Å². The van der Waals surface area contributed by atoms with Crippen LogP contribution >= 0.6 is 11.8 Å². The third-order valence-electron chi connectivity index (χ3n) is 3.62. The number of anilines is 1. The second kappa shape index (κ2) is 5.31. The molecule has 114 valence electrons. The molecule has 8 heteroatoms. The summed E-state index contributed by atoms with van der Waals surface area (Å²) < 4.78 is 11.2. The molecule has 0 unspecified atom stereocenters. The monoisotopic (exact) mass is 318 g/mol. The number of aliphatic hydroxyl groups excluding tert-OH is 1. The number of pyridine rings is 1. The molecule has 0 saturated carbocycles. The predicted molar refractivity (Wildman–Crippen MR) is 83.2 cm³/mol. The van der Waals surface area contributed by atoms with Gasteiger partial charge in [-0.2, -0.15) is 0 Å². The SMILES string of the molecule is Nc1c(-c2ncco2)nc([C@@H]2CS[C@@H](CO)O2)c2[nH]ccc12. The minimum absolute atomic E-state index is 0.0173. The zero-order valence-corrected chi connectivity index (χ0v) is 12.3. The van der Waals surface area contributed by atoms with Gasteiger partial charge in [0.1, 0.15) is 23.5 Å². The Balaban J connectivity index is 1.87. The Bertz CT molecular complexity index is 802. The summed E-state index contributed by atoms with van der Waals surface area (Å²) in [5.41, 5.74) is 8.61. The van der Waals surface area contributed by atoms with E-state index >= 15 is 0 Å². The van der Waals surface area contributed by atoms with Crippen LogP contribution in [0.2, 0.25) is 0 Å². The molecule has 3 aromatic heterocycles. The largest absolute Gasteiger partial charge is 0.443 e. The van der Waals surface area contributed by atoms with Crippen LogP contribution in [0.15, 0.2) is 29.1 Å². The summed E-state index contributed by atoms with van der Waals surface area (Å²) in [6, 6.07) is 1.90. The first-order valence-electron chi connectivity index (χ1n) is 6.82. The number of hydrogen-bond donors (Lipinski definition) is 3. The fraction of sp³-hybridized carbons (Fsp3) is 0.286. The molecule has 1 fully saturated rings. The lowest BCUT2D eigenvalue weighted by Crippen LogP contribution is -2.11. The van der Waals surface area contributed by atoms with Crippen LogP contribution in [-0.2, 0) is 4.74 Å². The Kier molecular flexibility index (Phi) is 3.29. The van der Waals surface area contributed by atoms with Crippen molar-refractivity contribution in [3.8, 4) is 11.6 Å². The van der Waals surface area contributed by atoms with E-state index in [-0.39, 0.29) is 18.1 Å².